The van der Waals surface area contributed by atoms with E-state index >= 15 is 0 Å². The Morgan fingerprint density at radius 1 is 1.13 bits per heavy atom. The molecule has 4 rings (SSSR count). The van der Waals surface area contributed by atoms with Crippen molar-refractivity contribution in [2.45, 2.75) is 38.6 Å². The maximum absolute atomic E-state index is 9.52. The Bertz CT molecular complexity index is 998. The van der Waals surface area contributed by atoms with E-state index < -0.39 is 0 Å². The molecule has 30 heavy (non-hydrogen) atoms. The van der Waals surface area contributed by atoms with Gasteiger partial charge in [-0.05, 0) is 55.1 Å². The second-order valence-corrected chi connectivity index (χ2v) is 8.01. The first-order chi connectivity index (χ1) is 14.7. The minimum Gasteiger partial charge on any atom is -0.419 e. The number of oxazole rings is 1. The summed E-state index contributed by atoms with van der Waals surface area (Å²) in [6, 6.07) is 14.9. The van der Waals surface area contributed by atoms with Crippen LogP contribution in [-0.2, 0) is 0 Å². The van der Waals surface area contributed by atoms with Gasteiger partial charge in [0.25, 0.3) is 0 Å². The zero-order valence-corrected chi connectivity index (χ0v) is 17.5. The van der Waals surface area contributed by atoms with Crippen molar-refractivity contribution in [1.82, 2.24) is 14.9 Å². The summed E-state index contributed by atoms with van der Waals surface area (Å²) in [5.41, 5.74) is 3.64. The molecule has 3 aromatic rings. The molecule has 0 amide bonds. The number of rotatable bonds is 7. The van der Waals surface area contributed by atoms with Gasteiger partial charge in [0.2, 0.25) is 17.5 Å². The standard InChI is InChI=1S/C24H27N5O/c1-17(2)18-7-9-19(10-8-18)22(29-12-3-4-13-29)16-27-24-21(14-25)28-23(30-24)20-6-5-11-26-15-20/h5-11,15,17,22,27H,3-4,12-13,16H2,1-2H3/t22-/m0/s1. The van der Waals surface area contributed by atoms with Crippen LogP contribution in [0, 0.1) is 11.3 Å². The zero-order chi connectivity index (χ0) is 20.9. The lowest BCUT2D eigenvalue weighted by Gasteiger charge is -2.28. The highest BCUT2D eigenvalue weighted by Crippen LogP contribution is 2.29. The lowest BCUT2D eigenvalue weighted by atomic mass is 9.98. The highest BCUT2D eigenvalue weighted by atomic mass is 16.4. The van der Waals surface area contributed by atoms with E-state index in [0.29, 0.717) is 24.2 Å². The van der Waals surface area contributed by atoms with Crippen molar-refractivity contribution in [3.63, 3.8) is 0 Å². The highest BCUT2D eigenvalue weighted by Gasteiger charge is 2.25. The number of anilines is 1. The van der Waals surface area contributed by atoms with Crippen LogP contribution in [0.1, 0.15) is 55.5 Å². The molecule has 0 aliphatic carbocycles. The molecule has 0 spiro atoms. The van der Waals surface area contributed by atoms with Crippen LogP contribution in [0.4, 0.5) is 5.88 Å². The summed E-state index contributed by atoms with van der Waals surface area (Å²) in [5, 5.41) is 12.9. The number of hydrogen-bond donors (Lipinski definition) is 1. The van der Waals surface area contributed by atoms with Crippen molar-refractivity contribution in [2.75, 3.05) is 25.0 Å². The lowest BCUT2D eigenvalue weighted by Crippen LogP contribution is -2.31. The van der Waals surface area contributed by atoms with Crippen LogP contribution in [0.2, 0.25) is 0 Å². The van der Waals surface area contributed by atoms with Gasteiger partial charge in [-0.25, -0.2) is 0 Å². The van der Waals surface area contributed by atoms with E-state index in [9.17, 15) is 5.26 Å². The van der Waals surface area contributed by atoms with E-state index in [2.05, 4.69) is 64.4 Å². The average molecular weight is 402 g/mol. The second-order valence-electron chi connectivity index (χ2n) is 8.01. The number of nitrogens with one attached hydrogen (secondary N) is 1. The molecular formula is C24H27N5O. The fourth-order valence-electron chi connectivity index (χ4n) is 3.93. The smallest absolute Gasteiger partial charge is 0.232 e. The molecule has 1 N–H and O–H groups in total. The summed E-state index contributed by atoms with van der Waals surface area (Å²) in [6.07, 6.45) is 5.82. The molecule has 6 nitrogen and oxygen atoms in total. The molecule has 0 bridgehead atoms. The van der Waals surface area contributed by atoms with Crippen LogP contribution >= 0.6 is 0 Å². The third kappa shape index (κ3) is 4.37. The Balaban J connectivity index is 1.55. The van der Waals surface area contributed by atoms with Crippen molar-refractivity contribution < 1.29 is 4.42 Å². The molecule has 0 radical (unpaired) electrons. The van der Waals surface area contributed by atoms with Crippen molar-refractivity contribution >= 4 is 5.88 Å². The molecule has 6 heteroatoms. The summed E-state index contributed by atoms with van der Waals surface area (Å²) >= 11 is 0. The summed E-state index contributed by atoms with van der Waals surface area (Å²) in [5.74, 6) is 1.33. The van der Waals surface area contributed by atoms with Crippen molar-refractivity contribution in [1.29, 1.82) is 5.26 Å². The molecule has 1 atom stereocenters. The summed E-state index contributed by atoms with van der Waals surface area (Å²) < 4.78 is 5.89. The lowest BCUT2D eigenvalue weighted by molar-refractivity contribution is 0.255. The van der Waals surface area contributed by atoms with E-state index in [0.717, 1.165) is 18.7 Å². The summed E-state index contributed by atoms with van der Waals surface area (Å²) in [7, 11) is 0. The predicted molar refractivity (Wildman–Crippen MR) is 117 cm³/mol. The molecule has 0 saturated carbocycles. The van der Waals surface area contributed by atoms with E-state index in [1.165, 1.54) is 24.0 Å². The predicted octanol–water partition coefficient (Wildman–Crippen LogP) is 4.98. The Labute approximate surface area is 177 Å². The Kier molecular flexibility index (Phi) is 6.10. The number of pyridine rings is 1. The van der Waals surface area contributed by atoms with E-state index in [1.54, 1.807) is 12.4 Å². The fraction of sp³-hybridized carbons (Fsp3) is 0.375. The number of nitriles is 1. The Morgan fingerprint density at radius 2 is 1.87 bits per heavy atom. The van der Waals surface area contributed by atoms with Crippen LogP contribution in [0.3, 0.4) is 0 Å². The van der Waals surface area contributed by atoms with Gasteiger partial charge in [0.1, 0.15) is 6.07 Å². The van der Waals surface area contributed by atoms with Gasteiger partial charge in [-0.2, -0.15) is 10.2 Å². The Hall–Kier alpha value is -3.17. The van der Waals surface area contributed by atoms with Gasteiger partial charge in [-0.1, -0.05) is 38.1 Å². The molecule has 1 aliphatic heterocycles. The zero-order valence-electron chi connectivity index (χ0n) is 17.5. The first-order valence-electron chi connectivity index (χ1n) is 10.5. The first-order valence-corrected chi connectivity index (χ1v) is 10.5. The minimum atomic E-state index is 0.215. The van der Waals surface area contributed by atoms with Crippen LogP contribution in [-0.4, -0.2) is 34.5 Å². The number of nitrogens with zero attached hydrogens (tertiary/aromatic N) is 4. The second kappa shape index (κ2) is 9.10. The molecule has 3 heterocycles. The Morgan fingerprint density at radius 3 is 2.50 bits per heavy atom. The third-order valence-corrected chi connectivity index (χ3v) is 5.67. The van der Waals surface area contributed by atoms with Gasteiger partial charge in [0.05, 0.1) is 11.6 Å². The van der Waals surface area contributed by atoms with Gasteiger partial charge in [0.15, 0.2) is 0 Å². The molecule has 1 saturated heterocycles. The fourth-order valence-corrected chi connectivity index (χ4v) is 3.93. The third-order valence-electron chi connectivity index (χ3n) is 5.67. The quantitative estimate of drug-likeness (QED) is 0.601. The topological polar surface area (TPSA) is 78.0 Å². The van der Waals surface area contributed by atoms with Crippen LogP contribution in [0.5, 0.6) is 0 Å². The normalized spacial score (nSPS) is 15.3. The molecule has 1 fully saturated rings. The van der Waals surface area contributed by atoms with Gasteiger partial charge in [-0.15, -0.1) is 0 Å². The number of hydrogen-bond acceptors (Lipinski definition) is 6. The van der Waals surface area contributed by atoms with E-state index in [1.807, 2.05) is 12.1 Å². The van der Waals surface area contributed by atoms with E-state index in [4.69, 9.17) is 4.42 Å². The SMILES string of the molecule is CC(C)c1ccc([C@H](CNc2oc(-c3cccnc3)nc2C#N)N2CCCC2)cc1. The van der Waals surface area contributed by atoms with E-state index in [-0.39, 0.29) is 11.7 Å². The minimum absolute atomic E-state index is 0.215. The number of benzene rings is 1. The number of aromatic nitrogens is 2. The van der Waals surface area contributed by atoms with Gasteiger partial charge < -0.3 is 9.73 Å². The maximum Gasteiger partial charge on any atom is 0.232 e. The summed E-state index contributed by atoms with van der Waals surface area (Å²) in [4.78, 5) is 10.9. The van der Waals surface area contributed by atoms with Crippen LogP contribution < -0.4 is 5.32 Å². The van der Waals surface area contributed by atoms with Crippen molar-refractivity contribution in [3.05, 3.63) is 65.6 Å². The maximum atomic E-state index is 9.52. The highest BCUT2D eigenvalue weighted by molar-refractivity contribution is 5.57. The average Bonchev–Trinajstić information content (AvgIpc) is 3.45. The molecule has 2 aromatic heterocycles. The van der Waals surface area contributed by atoms with Crippen molar-refractivity contribution in [2.24, 2.45) is 0 Å². The van der Waals surface area contributed by atoms with Crippen molar-refractivity contribution in [3.8, 4) is 17.5 Å². The first kappa shape index (κ1) is 20.1. The molecular weight excluding hydrogens is 374 g/mol. The molecule has 1 aromatic carbocycles. The molecule has 154 valence electrons. The van der Waals surface area contributed by atoms with Gasteiger partial charge >= 0.3 is 0 Å². The monoisotopic (exact) mass is 401 g/mol. The van der Waals surface area contributed by atoms with Crippen LogP contribution in [0.25, 0.3) is 11.5 Å². The summed E-state index contributed by atoms with van der Waals surface area (Å²) in [6.45, 7) is 7.24. The van der Waals surface area contributed by atoms with Gasteiger partial charge in [-0.3, -0.25) is 9.88 Å². The van der Waals surface area contributed by atoms with Gasteiger partial charge in [0, 0.05) is 18.9 Å². The van der Waals surface area contributed by atoms with Crippen LogP contribution in [0.15, 0.2) is 53.2 Å². The number of likely N-dealkylation sites (tertiary alicyclic amines) is 1. The largest absolute Gasteiger partial charge is 0.419 e. The molecule has 1 aliphatic rings. The molecule has 0 unspecified atom stereocenters.